The molecule has 1 unspecified atom stereocenters. The zero-order valence-electron chi connectivity index (χ0n) is 11.3. The zero-order valence-corrected chi connectivity index (χ0v) is 11.3. The van der Waals surface area contributed by atoms with Crippen LogP contribution in [0.25, 0.3) is 0 Å². The van der Waals surface area contributed by atoms with Crippen LogP contribution in [0.4, 0.5) is 4.79 Å². The van der Waals surface area contributed by atoms with Crippen LogP contribution in [-0.2, 0) is 4.74 Å². The zero-order chi connectivity index (χ0) is 12.6. The lowest BCUT2D eigenvalue weighted by atomic mass is 9.97. The molecule has 1 rings (SSSR count). The first-order valence-electron chi connectivity index (χ1n) is 5.82. The molecule has 0 bridgehead atoms. The molecule has 1 aliphatic rings. The molecule has 0 saturated carbocycles. The monoisotopic (exact) mass is 228 g/mol. The SMILES string of the molecule is CC1OCC(C)(C)N1C(=O)NCC(C)(C)C. The van der Waals surface area contributed by atoms with Gasteiger partial charge in [-0.3, -0.25) is 4.90 Å². The normalized spacial score (nSPS) is 24.6. The molecule has 1 N–H and O–H groups in total. The summed E-state index contributed by atoms with van der Waals surface area (Å²) < 4.78 is 5.50. The van der Waals surface area contributed by atoms with Crippen LogP contribution in [0.1, 0.15) is 41.5 Å². The van der Waals surface area contributed by atoms with E-state index >= 15 is 0 Å². The number of carbonyl (C=O) groups is 1. The van der Waals surface area contributed by atoms with E-state index in [1.807, 2.05) is 20.8 Å². The molecule has 0 radical (unpaired) electrons. The van der Waals surface area contributed by atoms with Crippen LogP contribution in [0.15, 0.2) is 0 Å². The number of carbonyl (C=O) groups excluding carboxylic acids is 1. The van der Waals surface area contributed by atoms with Gasteiger partial charge >= 0.3 is 6.03 Å². The molecule has 0 aromatic rings. The fourth-order valence-corrected chi connectivity index (χ4v) is 1.83. The predicted octanol–water partition coefficient (Wildman–Crippen LogP) is 2.20. The van der Waals surface area contributed by atoms with Crippen LogP contribution in [0.2, 0.25) is 0 Å². The highest BCUT2D eigenvalue weighted by atomic mass is 16.5. The first-order valence-corrected chi connectivity index (χ1v) is 5.82. The Morgan fingerprint density at radius 1 is 1.50 bits per heavy atom. The van der Waals surface area contributed by atoms with E-state index in [1.54, 1.807) is 4.90 Å². The second kappa shape index (κ2) is 4.24. The fraction of sp³-hybridized carbons (Fsp3) is 0.917. The van der Waals surface area contributed by atoms with Crippen LogP contribution in [-0.4, -0.2) is 35.8 Å². The summed E-state index contributed by atoms with van der Waals surface area (Å²) in [6.45, 7) is 13.5. The third kappa shape index (κ3) is 3.11. The van der Waals surface area contributed by atoms with Gasteiger partial charge in [0.15, 0.2) is 0 Å². The van der Waals surface area contributed by atoms with Crippen molar-refractivity contribution in [2.45, 2.75) is 53.3 Å². The maximum absolute atomic E-state index is 12.1. The molecule has 1 atom stereocenters. The summed E-state index contributed by atoms with van der Waals surface area (Å²) in [6.07, 6.45) is -0.144. The lowest BCUT2D eigenvalue weighted by molar-refractivity contribution is 0.0602. The standard InChI is InChI=1S/C12H24N2O2/c1-9-14(12(5,6)8-16-9)10(15)13-7-11(2,3)4/h9H,7-8H2,1-6H3,(H,13,15). The second-order valence-electron chi connectivity index (χ2n) is 6.31. The van der Waals surface area contributed by atoms with Gasteiger partial charge in [-0.05, 0) is 26.2 Å². The maximum atomic E-state index is 12.1. The first-order chi connectivity index (χ1) is 7.13. The minimum atomic E-state index is -0.221. The molecule has 0 spiro atoms. The van der Waals surface area contributed by atoms with Crippen LogP contribution in [0, 0.1) is 5.41 Å². The predicted molar refractivity (Wildman–Crippen MR) is 64.2 cm³/mol. The summed E-state index contributed by atoms with van der Waals surface area (Å²) in [5.74, 6) is 0. The Balaban J connectivity index is 2.60. The Kier molecular flexibility index (Phi) is 3.53. The molecule has 16 heavy (non-hydrogen) atoms. The minimum absolute atomic E-state index is 0.0371. The largest absolute Gasteiger partial charge is 0.356 e. The summed E-state index contributed by atoms with van der Waals surface area (Å²) in [5, 5.41) is 2.96. The van der Waals surface area contributed by atoms with Gasteiger partial charge in [0.2, 0.25) is 0 Å². The second-order valence-corrected chi connectivity index (χ2v) is 6.31. The highest BCUT2D eigenvalue weighted by Crippen LogP contribution is 2.26. The quantitative estimate of drug-likeness (QED) is 0.747. The van der Waals surface area contributed by atoms with Gasteiger partial charge < -0.3 is 10.1 Å². The summed E-state index contributed by atoms with van der Waals surface area (Å²) in [6, 6.07) is -0.0371. The first kappa shape index (κ1) is 13.3. The molecule has 0 aliphatic carbocycles. The topological polar surface area (TPSA) is 41.6 Å². The van der Waals surface area contributed by atoms with Gasteiger partial charge in [0.25, 0.3) is 0 Å². The summed E-state index contributed by atoms with van der Waals surface area (Å²) in [7, 11) is 0. The van der Waals surface area contributed by atoms with Crippen molar-refractivity contribution in [1.82, 2.24) is 10.2 Å². The van der Waals surface area contributed by atoms with Gasteiger partial charge in [0.05, 0.1) is 12.1 Å². The fourth-order valence-electron chi connectivity index (χ4n) is 1.83. The van der Waals surface area contributed by atoms with Gasteiger partial charge in [-0.1, -0.05) is 20.8 Å². The summed E-state index contributed by atoms with van der Waals surface area (Å²) >= 11 is 0. The van der Waals surface area contributed by atoms with Gasteiger partial charge in [-0.25, -0.2) is 4.79 Å². The highest BCUT2D eigenvalue weighted by molar-refractivity contribution is 5.75. The third-order valence-corrected chi connectivity index (χ3v) is 2.68. The number of rotatable bonds is 1. The molecule has 1 fully saturated rings. The van der Waals surface area contributed by atoms with Crippen molar-refractivity contribution in [3.63, 3.8) is 0 Å². The van der Waals surface area contributed by atoms with Gasteiger partial charge in [-0.15, -0.1) is 0 Å². The van der Waals surface area contributed by atoms with Crippen LogP contribution < -0.4 is 5.32 Å². The van der Waals surface area contributed by atoms with Crippen molar-refractivity contribution in [2.24, 2.45) is 5.41 Å². The van der Waals surface area contributed by atoms with E-state index in [4.69, 9.17) is 4.74 Å². The number of hydrogen-bond donors (Lipinski definition) is 1. The molecule has 1 saturated heterocycles. The molecule has 1 aliphatic heterocycles. The van der Waals surface area contributed by atoms with Crippen molar-refractivity contribution in [2.75, 3.05) is 13.2 Å². The number of hydrogen-bond acceptors (Lipinski definition) is 2. The van der Waals surface area contributed by atoms with Crippen molar-refractivity contribution in [1.29, 1.82) is 0 Å². The number of ether oxygens (including phenoxy) is 1. The van der Waals surface area contributed by atoms with Crippen LogP contribution in [0.3, 0.4) is 0 Å². The van der Waals surface area contributed by atoms with Crippen LogP contribution in [0.5, 0.6) is 0 Å². The van der Waals surface area contributed by atoms with E-state index in [0.717, 1.165) is 0 Å². The third-order valence-electron chi connectivity index (χ3n) is 2.68. The molecular weight excluding hydrogens is 204 g/mol. The number of nitrogens with zero attached hydrogens (tertiary/aromatic N) is 1. The molecule has 4 heteroatoms. The van der Waals surface area contributed by atoms with E-state index in [1.165, 1.54) is 0 Å². The van der Waals surface area contributed by atoms with Gasteiger partial charge in [0.1, 0.15) is 6.23 Å². The molecule has 2 amide bonds. The van der Waals surface area contributed by atoms with Crippen LogP contribution >= 0.6 is 0 Å². The van der Waals surface area contributed by atoms with Crippen molar-refractivity contribution in [3.05, 3.63) is 0 Å². The molecule has 0 aromatic carbocycles. The maximum Gasteiger partial charge on any atom is 0.319 e. The Morgan fingerprint density at radius 2 is 2.06 bits per heavy atom. The summed E-state index contributed by atoms with van der Waals surface area (Å²) in [4.78, 5) is 13.8. The lowest BCUT2D eigenvalue weighted by Gasteiger charge is -2.33. The average molecular weight is 228 g/mol. The molecule has 0 aromatic heterocycles. The Bertz CT molecular complexity index is 269. The Labute approximate surface area is 98.3 Å². The van der Waals surface area contributed by atoms with E-state index < -0.39 is 0 Å². The molecule has 1 heterocycles. The van der Waals surface area contributed by atoms with Gasteiger partial charge in [-0.2, -0.15) is 0 Å². The Morgan fingerprint density at radius 3 is 2.44 bits per heavy atom. The van der Waals surface area contributed by atoms with E-state index in [0.29, 0.717) is 13.2 Å². The molecular formula is C12H24N2O2. The van der Waals surface area contributed by atoms with Crippen molar-refractivity contribution < 1.29 is 9.53 Å². The summed E-state index contributed by atoms with van der Waals surface area (Å²) in [5.41, 5.74) is -0.120. The highest BCUT2D eigenvalue weighted by Gasteiger charge is 2.41. The van der Waals surface area contributed by atoms with E-state index in [2.05, 4.69) is 26.1 Å². The molecule has 94 valence electrons. The Hall–Kier alpha value is -0.770. The van der Waals surface area contributed by atoms with Crippen molar-refractivity contribution in [3.8, 4) is 0 Å². The average Bonchev–Trinajstić information content (AvgIpc) is 2.36. The number of urea groups is 1. The number of nitrogens with one attached hydrogen (secondary N) is 1. The van der Waals surface area contributed by atoms with Gasteiger partial charge in [0, 0.05) is 6.54 Å². The van der Waals surface area contributed by atoms with E-state index in [-0.39, 0.29) is 23.2 Å². The van der Waals surface area contributed by atoms with Crippen molar-refractivity contribution >= 4 is 6.03 Å². The lowest BCUT2D eigenvalue weighted by Crippen LogP contribution is -2.52. The number of amides is 2. The minimum Gasteiger partial charge on any atom is -0.356 e. The smallest absolute Gasteiger partial charge is 0.319 e. The molecule has 4 nitrogen and oxygen atoms in total. The van der Waals surface area contributed by atoms with E-state index in [9.17, 15) is 4.79 Å².